The number of amides is 2. The normalized spacial score (nSPS) is 17.0. The molecule has 1 atom stereocenters. The number of aromatic amines is 1. The molecule has 3 rings (SSSR count). The highest BCUT2D eigenvalue weighted by Crippen LogP contribution is 2.35. The molecule has 2 heterocycles. The summed E-state index contributed by atoms with van der Waals surface area (Å²) in [4.78, 5) is 30.0. The summed E-state index contributed by atoms with van der Waals surface area (Å²) in [7, 11) is 3.08. The maximum atomic E-state index is 12.3. The summed E-state index contributed by atoms with van der Waals surface area (Å²) >= 11 is 0. The molecule has 0 saturated carbocycles. The van der Waals surface area contributed by atoms with Crippen LogP contribution in [-0.4, -0.2) is 47.8 Å². The summed E-state index contributed by atoms with van der Waals surface area (Å²) < 4.78 is 10.5. The largest absolute Gasteiger partial charge is 0.497 e. The van der Waals surface area contributed by atoms with E-state index in [1.54, 1.807) is 30.2 Å². The lowest BCUT2D eigenvalue weighted by Gasteiger charge is -2.20. The van der Waals surface area contributed by atoms with Crippen molar-refractivity contribution in [3.05, 3.63) is 24.5 Å². The smallest absolute Gasteiger partial charge is 0.232 e. The number of aromatic nitrogens is 3. The highest BCUT2D eigenvalue weighted by Gasteiger charge is 2.36. The van der Waals surface area contributed by atoms with Gasteiger partial charge in [0.2, 0.25) is 17.8 Å². The van der Waals surface area contributed by atoms with Gasteiger partial charge in [0.1, 0.15) is 17.8 Å². The van der Waals surface area contributed by atoms with Crippen molar-refractivity contribution in [1.82, 2.24) is 15.2 Å². The van der Waals surface area contributed by atoms with Gasteiger partial charge in [-0.05, 0) is 12.1 Å². The molecular formula is C15H17N5O4. The van der Waals surface area contributed by atoms with Gasteiger partial charge in [0.05, 0.1) is 25.8 Å². The Morgan fingerprint density at radius 1 is 1.38 bits per heavy atom. The van der Waals surface area contributed by atoms with Crippen LogP contribution in [0.2, 0.25) is 0 Å². The number of carbonyl (C=O) groups excluding carboxylic acids is 2. The van der Waals surface area contributed by atoms with Gasteiger partial charge in [0.25, 0.3) is 0 Å². The van der Waals surface area contributed by atoms with Gasteiger partial charge in [-0.1, -0.05) is 0 Å². The number of methoxy groups -OCH3 is 2. The van der Waals surface area contributed by atoms with E-state index in [2.05, 4.69) is 20.5 Å². The zero-order chi connectivity index (χ0) is 17.1. The molecule has 1 aromatic carbocycles. The second-order valence-electron chi connectivity index (χ2n) is 5.27. The molecule has 126 valence electrons. The quantitative estimate of drug-likeness (QED) is 0.839. The number of carbonyl (C=O) groups is 2. The highest BCUT2D eigenvalue weighted by molar-refractivity contribution is 6.03. The maximum absolute atomic E-state index is 12.3. The second kappa shape index (κ2) is 6.57. The van der Waals surface area contributed by atoms with Gasteiger partial charge in [-0.15, -0.1) is 0 Å². The molecule has 0 aliphatic carbocycles. The molecule has 9 heteroatoms. The number of nitrogens with zero attached hydrogens (tertiary/aromatic N) is 3. The van der Waals surface area contributed by atoms with Gasteiger partial charge in [-0.2, -0.15) is 10.1 Å². The van der Waals surface area contributed by atoms with Gasteiger partial charge in [-0.25, -0.2) is 5.10 Å². The van der Waals surface area contributed by atoms with Crippen LogP contribution in [0.4, 0.5) is 11.6 Å². The van der Waals surface area contributed by atoms with Crippen LogP contribution in [0.5, 0.6) is 11.5 Å². The Bertz CT molecular complexity index is 746. The van der Waals surface area contributed by atoms with Crippen LogP contribution >= 0.6 is 0 Å². The molecule has 1 saturated heterocycles. The fourth-order valence-corrected chi connectivity index (χ4v) is 2.61. The topological polar surface area (TPSA) is 109 Å². The van der Waals surface area contributed by atoms with Gasteiger partial charge in [-0.3, -0.25) is 14.9 Å². The summed E-state index contributed by atoms with van der Waals surface area (Å²) in [6.45, 7) is 0.265. The summed E-state index contributed by atoms with van der Waals surface area (Å²) in [5.41, 5.74) is 0.610. The minimum Gasteiger partial charge on any atom is -0.497 e. The predicted molar refractivity (Wildman–Crippen MR) is 85.0 cm³/mol. The van der Waals surface area contributed by atoms with Crippen LogP contribution < -0.4 is 19.7 Å². The van der Waals surface area contributed by atoms with Crippen molar-refractivity contribution >= 4 is 23.5 Å². The minimum atomic E-state index is -0.477. The van der Waals surface area contributed by atoms with Crippen LogP contribution in [0.15, 0.2) is 24.5 Å². The van der Waals surface area contributed by atoms with E-state index in [1.807, 2.05) is 0 Å². The number of anilines is 2. The van der Waals surface area contributed by atoms with E-state index in [1.165, 1.54) is 13.4 Å². The summed E-state index contributed by atoms with van der Waals surface area (Å²) in [6.07, 6.45) is 1.42. The molecule has 1 aromatic heterocycles. The molecule has 2 N–H and O–H groups in total. The first-order valence-corrected chi connectivity index (χ1v) is 7.31. The first-order valence-electron chi connectivity index (χ1n) is 7.31. The Morgan fingerprint density at radius 3 is 2.88 bits per heavy atom. The van der Waals surface area contributed by atoms with E-state index in [0.717, 1.165) is 0 Å². The molecule has 2 aromatic rings. The third kappa shape index (κ3) is 3.00. The first kappa shape index (κ1) is 15.8. The van der Waals surface area contributed by atoms with E-state index in [-0.39, 0.29) is 30.7 Å². The van der Waals surface area contributed by atoms with Gasteiger partial charge in [0.15, 0.2) is 0 Å². The maximum Gasteiger partial charge on any atom is 0.232 e. The van der Waals surface area contributed by atoms with Crippen molar-refractivity contribution in [2.24, 2.45) is 5.92 Å². The molecule has 0 bridgehead atoms. The van der Waals surface area contributed by atoms with E-state index in [4.69, 9.17) is 9.47 Å². The molecule has 0 spiro atoms. The van der Waals surface area contributed by atoms with Crippen LogP contribution in [0.25, 0.3) is 0 Å². The van der Waals surface area contributed by atoms with Crippen molar-refractivity contribution in [2.45, 2.75) is 6.42 Å². The Morgan fingerprint density at radius 2 is 2.21 bits per heavy atom. The predicted octanol–water partition coefficient (Wildman–Crippen LogP) is 0.813. The van der Waals surface area contributed by atoms with E-state index in [9.17, 15) is 9.59 Å². The van der Waals surface area contributed by atoms with Crippen LogP contribution in [0.1, 0.15) is 6.42 Å². The zero-order valence-electron chi connectivity index (χ0n) is 13.3. The van der Waals surface area contributed by atoms with Crippen LogP contribution in [0.3, 0.4) is 0 Å². The molecule has 0 radical (unpaired) electrons. The number of H-pyrrole nitrogens is 1. The summed E-state index contributed by atoms with van der Waals surface area (Å²) in [5.74, 6) is 0.495. The monoisotopic (exact) mass is 331 g/mol. The Kier molecular flexibility index (Phi) is 4.32. The average molecular weight is 331 g/mol. The third-order valence-corrected chi connectivity index (χ3v) is 3.83. The van der Waals surface area contributed by atoms with Gasteiger partial charge in [0, 0.05) is 19.0 Å². The number of rotatable bonds is 5. The fraction of sp³-hybridized carbons (Fsp3) is 0.333. The van der Waals surface area contributed by atoms with E-state index >= 15 is 0 Å². The third-order valence-electron chi connectivity index (χ3n) is 3.83. The number of benzene rings is 1. The Hall–Kier alpha value is -3.10. The minimum absolute atomic E-state index is 0.120. The van der Waals surface area contributed by atoms with Crippen LogP contribution in [-0.2, 0) is 9.59 Å². The standard InChI is InChI=1S/C15H17N5O4/c1-23-10-3-4-11(12(6-10)24-2)20-7-9(5-13(20)21)14(22)18-15-16-8-17-19-15/h3-4,6,8-9H,5,7H2,1-2H3,(H2,16,17,18,19,22)/t9-/m0/s1. The van der Waals surface area contributed by atoms with Gasteiger partial charge >= 0.3 is 0 Å². The van der Waals surface area contributed by atoms with Crippen molar-refractivity contribution in [2.75, 3.05) is 31.0 Å². The number of ether oxygens (including phenoxy) is 2. The van der Waals surface area contributed by atoms with Crippen molar-refractivity contribution in [1.29, 1.82) is 0 Å². The molecule has 1 aliphatic heterocycles. The van der Waals surface area contributed by atoms with E-state index < -0.39 is 5.92 Å². The molecule has 9 nitrogen and oxygen atoms in total. The van der Waals surface area contributed by atoms with Crippen LogP contribution in [0, 0.1) is 5.92 Å². The lowest BCUT2D eigenvalue weighted by Crippen LogP contribution is -2.28. The molecule has 2 amide bonds. The lowest BCUT2D eigenvalue weighted by molar-refractivity contribution is -0.122. The zero-order valence-corrected chi connectivity index (χ0v) is 13.3. The Labute approximate surface area is 138 Å². The summed E-state index contributed by atoms with van der Waals surface area (Å²) in [6, 6.07) is 5.18. The molecular weight excluding hydrogens is 314 g/mol. The molecule has 24 heavy (non-hydrogen) atoms. The number of hydrogen-bond acceptors (Lipinski definition) is 6. The molecule has 1 aliphatic rings. The van der Waals surface area contributed by atoms with Crippen molar-refractivity contribution in [3.8, 4) is 11.5 Å². The highest BCUT2D eigenvalue weighted by atomic mass is 16.5. The second-order valence-corrected chi connectivity index (χ2v) is 5.27. The lowest BCUT2D eigenvalue weighted by atomic mass is 10.1. The Balaban J connectivity index is 1.76. The number of nitrogens with one attached hydrogen (secondary N) is 2. The molecule has 0 unspecified atom stereocenters. The fourth-order valence-electron chi connectivity index (χ4n) is 2.61. The first-order chi connectivity index (χ1) is 11.6. The number of hydrogen-bond donors (Lipinski definition) is 2. The SMILES string of the molecule is COc1ccc(N2C[C@@H](C(=O)Nc3ncn[nH]3)CC2=O)c(OC)c1. The summed E-state index contributed by atoms with van der Waals surface area (Å²) in [5, 5.41) is 8.82. The van der Waals surface area contributed by atoms with E-state index in [0.29, 0.717) is 17.2 Å². The van der Waals surface area contributed by atoms with Gasteiger partial charge < -0.3 is 14.4 Å². The van der Waals surface area contributed by atoms with Crippen molar-refractivity contribution in [3.63, 3.8) is 0 Å². The van der Waals surface area contributed by atoms with Crippen molar-refractivity contribution < 1.29 is 19.1 Å². The average Bonchev–Trinajstić information content (AvgIpc) is 3.23. The molecule has 1 fully saturated rings.